The highest BCUT2D eigenvalue weighted by molar-refractivity contribution is 5.86. The van der Waals surface area contributed by atoms with Gasteiger partial charge in [0, 0.05) is 18.6 Å². The fraction of sp³-hybridized carbons (Fsp3) is 0.609. The van der Waals surface area contributed by atoms with Gasteiger partial charge in [0.1, 0.15) is 0 Å². The molecule has 26 heavy (non-hydrogen) atoms. The second-order valence-electron chi connectivity index (χ2n) is 7.70. The molecule has 1 aliphatic rings. The minimum Gasteiger partial charge on any atom is -0.462 e. The van der Waals surface area contributed by atoms with Crippen molar-refractivity contribution in [1.82, 2.24) is 0 Å². The van der Waals surface area contributed by atoms with E-state index in [0.29, 0.717) is 30.6 Å². The van der Waals surface area contributed by atoms with Gasteiger partial charge in [-0.15, -0.1) is 0 Å². The van der Waals surface area contributed by atoms with Gasteiger partial charge in [-0.2, -0.15) is 0 Å². The van der Waals surface area contributed by atoms with Gasteiger partial charge in [-0.05, 0) is 62.0 Å². The zero-order chi connectivity index (χ0) is 18.9. The number of ether oxygens (including phenoxy) is 2. The Labute approximate surface area is 158 Å². The number of hydrogen-bond donors (Lipinski definition) is 0. The molecule has 0 saturated heterocycles. The van der Waals surface area contributed by atoms with Crippen molar-refractivity contribution in [2.45, 2.75) is 58.3 Å². The van der Waals surface area contributed by atoms with Crippen molar-refractivity contribution in [3.8, 4) is 0 Å². The van der Waals surface area contributed by atoms with Crippen LogP contribution in [0.4, 0.5) is 0 Å². The molecule has 0 bridgehead atoms. The van der Waals surface area contributed by atoms with E-state index >= 15 is 0 Å². The molecule has 0 amide bonds. The summed E-state index contributed by atoms with van der Waals surface area (Å²) in [5.74, 6) is 1.19. The molecule has 3 heteroatoms. The van der Waals surface area contributed by atoms with Crippen LogP contribution < -0.4 is 0 Å². The van der Waals surface area contributed by atoms with Crippen molar-refractivity contribution in [1.29, 1.82) is 0 Å². The van der Waals surface area contributed by atoms with Gasteiger partial charge in [0.25, 0.3) is 0 Å². The van der Waals surface area contributed by atoms with Crippen LogP contribution in [0.2, 0.25) is 0 Å². The van der Waals surface area contributed by atoms with Crippen molar-refractivity contribution >= 4 is 5.97 Å². The summed E-state index contributed by atoms with van der Waals surface area (Å²) in [4.78, 5) is 11.7. The number of rotatable bonds is 9. The topological polar surface area (TPSA) is 35.5 Å². The summed E-state index contributed by atoms with van der Waals surface area (Å²) in [6, 6.07) is 9.21. The van der Waals surface area contributed by atoms with E-state index in [9.17, 15) is 4.79 Å². The Morgan fingerprint density at radius 1 is 1.15 bits per heavy atom. The van der Waals surface area contributed by atoms with Gasteiger partial charge in [-0.3, -0.25) is 0 Å². The van der Waals surface area contributed by atoms with Crippen molar-refractivity contribution in [2.24, 2.45) is 11.8 Å². The summed E-state index contributed by atoms with van der Waals surface area (Å²) < 4.78 is 10.8. The van der Waals surface area contributed by atoms with E-state index in [0.717, 1.165) is 6.42 Å². The lowest BCUT2D eigenvalue weighted by Gasteiger charge is -2.33. The lowest BCUT2D eigenvalue weighted by Crippen LogP contribution is -2.29. The molecule has 144 valence electrons. The fourth-order valence-corrected chi connectivity index (χ4v) is 4.01. The summed E-state index contributed by atoms with van der Waals surface area (Å²) in [7, 11) is 1.72. The van der Waals surface area contributed by atoms with E-state index < -0.39 is 0 Å². The first-order chi connectivity index (χ1) is 12.5. The molecule has 0 aromatic heterocycles. The molecule has 0 radical (unpaired) electrons. The molecule has 2 rings (SSSR count). The van der Waals surface area contributed by atoms with Crippen LogP contribution in [0.15, 0.2) is 36.4 Å². The molecule has 0 spiro atoms. The quantitative estimate of drug-likeness (QED) is 0.444. The first-order valence-corrected chi connectivity index (χ1v) is 9.95. The van der Waals surface area contributed by atoms with Crippen LogP contribution in [0.5, 0.6) is 0 Å². The molecule has 1 atom stereocenters. The predicted octanol–water partition coefficient (Wildman–Crippen LogP) is 5.29. The SMILES string of the molecule is C=C(C)C(=O)OCC(COC)C1CCC(c2ccc(CCC)cc2)CC1. The monoisotopic (exact) mass is 358 g/mol. The maximum atomic E-state index is 11.7. The van der Waals surface area contributed by atoms with Crippen molar-refractivity contribution in [3.63, 3.8) is 0 Å². The molecule has 1 aromatic carbocycles. The predicted molar refractivity (Wildman–Crippen MR) is 106 cm³/mol. The smallest absolute Gasteiger partial charge is 0.333 e. The number of hydrogen-bond acceptors (Lipinski definition) is 3. The molecule has 0 heterocycles. The van der Waals surface area contributed by atoms with Crippen LogP contribution in [-0.4, -0.2) is 26.3 Å². The van der Waals surface area contributed by atoms with Gasteiger partial charge in [0.05, 0.1) is 13.2 Å². The summed E-state index contributed by atoms with van der Waals surface area (Å²) in [6.07, 6.45) is 7.09. The molecule has 0 aliphatic heterocycles. The Bertz CT molecular complexity index is 568. The third kappa shape index (κ3) is 5.98. The third-order valence-electron chi connectivity index (χ3n) is 5.59. The summed E-state index contributed by atoms with van der Waals surface area (Å²) in [5.41, 5.74) is 3.36. The molecular weight excluding hydrogens is 324 g/mol. The maximum absolute atomic E-state index is 11.7. The maximum Gasteiger partial charge on any atom is 0.333 e. The van der Waals surface area contributed by atoms with Crippen molar-refractivity contribution in [2.75, 3.05) is 20.3 Å². The average molecular weight is 359 g/mol. The Morgan fingerprint density at radius 2 is 1.81 bits per heavy atom. The van der Waals surface area contributed by atoms with Crippen molar-refractivity contribution in [3.05, 3.63) is 47.5 Å². The molecule has 1 fully saturated rings. The Hall–Kier alpha value is -1.61. The zero-order valence-electron chi connectivity index (χ0n) is 16.6. The first kappa shape index (κ1) is 20.7. The van der Waals surface area contributed by atoms with E-state index in [4.69, 9.17) is 9.47 Å². The molecular formula is C23H34O3. The molecule has 0 N–H and O–H groups in total. The fourth-order valence-electron chi connectivity index (χ4n) is 4.01. The van der Waals surface area contributed by atoms with Gasteiger partial charge in [-0.25, -0.2) is 4.79 Å². The Morgan fingerprint density at radius 3 is 2.35 bits per heavy atom. The molecule has 1 aliphatic carbocycles. The molecule has 3 nitrogen and oxygen atoms in total. The van der Waals surface area contributed by atoms with Crippen LogP contribution in [0.1, 0.15) is 63.0 Å². The lowest BCUT2D eigenvalue weighted by molar-refractivity contribution is -0.141. The number of carbonyl (C=O) groups is 1. The summed E-state index contributed by atoms with van der Waals surface area (Å²) >= 11 is 0. The van der Waals surface area contributed by atoms with Gasteiger partial charge < -0.3 is 9.47 Å². The van der Waals surface area contributed by atoms with E-state index in [1.54, 1.807) is 14.0 Å². The number of esters is 1. The van der Waals surface area contributed by atoms with Crippen LogP contribution >= 0.6 is 0 Å². The highest BCUT2D eigenvalue weighted by atomic mass is 16.5. The van der Waals surface area contributed by atoms with Gasteiger partial charge in [0.15, 0.2) is 0 Å². The first-order valence-electron chi connectivity index (χ1n) is 9.95. The molecule has 1 unspecified atom stereocenters. The van der Waals surface area contributed by atoms with Crippen LogP contribution in [0.25, 0.3) is 0 Å². The highest BCUT2D eigenvalue weighted by Crippen LogP contribution is 2.39. The number of benzene rings is 1. The number of carbonyl (C=O) groups excluding carboxylic acids is 1. The number of aryl methyl sites for hydroxylation is 1. The van der Waals surface area contributed by atoms with E-state index in [2.05, 4.69) is 37.8 Å². The second-order valence-corrected chi connectivity index (χ2v) is 7.70. The van der Waals surface area contributed by atoms with E-state index in [-0.39, 0.29) is 11.9 Å². The third-order valence-corrected chi connectivity index (χ3v) is 5.59. The van der Waals surface area contributed by atoms with Gasteiger partial charge in [-0.1, -0.05) is 44.2 Å². The zero-order valence-corrected chi connectivity index (χ0v) is 16.6. The van der Waals surface area contributed by atoms with Crippen molar-refractivity contribution < 1.29 is 14.3 Å². The minimum absolute atomic E-state index is 0.274. The largest absolute Gasteiger partial charge is 0.462 e. The van der Waals surface area contributed by atoms with Gasteiger partial charge >= 0.3 is 5.97 Å². The Kier molecular flexibility index (Phi) is 8.37. The highest BCUT2D eigenvalue weighted by Gasteiger charge is 2.29. The number of methoxy groups -OCH3 is 1. The van der Waals surface area contributed by atoms with Gasteiger partial charge in [0.2, 0.25) is 0 Å². The summed E-state index contributed by atoms with van der Waals surface area (Å²) in [6.45, 7) is 8.63. The normalized spacial score (nSPS) is 21.2. The minimum atomic E-state index is -0.299. The van der Waals surface area contributed by atoms with Crippen LogP contribution in [0.3, 0.4) is 0 Å². The standard InChI is InChI=1S/C23H34O3/c1-5-6-18-7-9-19(10-8-18)20-11-13-21(14-12-20)22(15-25-4)16-26-23(24)17(2)3/h7-10,20-22H,2,5-6,11-16H2,1,3-4H3. The summed E-state index contributed by atoms with van der Waals surface area (Å²) in [5, 5.41) is 0. The Balaban J connectivity index is 1.87. The van der Waals surface area contributed by atoms with Crippen LogP contribution in [0, 0.1) is 11.8 Å². The molecule has 1 aromatic rings. The van der Waals surface area contributed by atoms with Crippen LogP contribution in [-0.2, 0) is 20.7 Å². The molecule has 1 saturated carbocycles. The van der Waals surface area contributed by atoms with E-state index in [1.807, 2.05) is 0 Å². The second kappa shape index (κ2) is 10.5. The lowest BCUT2D eigenvalue weighted by atomic mass is 9.74. The average Bonchev–Trinajstić information content (AvgIpc) is 2.66. The van der Waals surface area contributed by atoms with E-state index in [1.165, 1.54) is 43.2 Å².